The van der Waals surface area contributed by atoms with Crippen LogP contribution in [0.15, 0.2) is 12.2 Å². The highest BCUT2D eigenvalue weighted by Gasteiger charge is 2.07. The Labute approximate surface area is 89.0 Å². The highest BCUT2D eigenvalue weighted by Crippen LogP contribution is 2.23. The average Bonchev–Trinajstić information content (AvgIpc) is 2.46. The van der Waals surface area contributed by atoms with Crippen LogP contribution in [-0.2, 0) is 0 Å². The van der Waals surface area contributed by atoms with Gasteiger partial charge in [-0.25, -0.2) is 0 Å². The summed E-state index contributed by atoms with van der Waals surface area (Å²) in [5, 5.41) is 3.35. The third kappa shape index (κ3) is 5.43. The molecule has 0 radical (unpaired) electrons. The first-order valence-electron chi connectivity index (χ1n) is 6.31. The van der Waals surface area contributed by atoms with Crippen LogP contribution in [0, 0.1) is 5.92 Å². The van der Waals surface area contributed by atoms with Crippen molar-refractivity contribution in [2.75, 3.05) is 13.1 Å². The van der Waals surface area contributed by atoms with E-state index in [0.29, 0.717) is 0 Å². The zero-order valence-electron chi connectivity index (χ0n) is 9.60. The summed E-state index contributed by atoms with van der Waals surface area (Å²) in [7, 11) is 0. The van der Waals surface area contributed by atoms with E-state index in [4.69, 9.17) is 0 Å². The smallest absolute Gasteiger partial charge is 0.00144 e. The van der Waals surface area contributed by atoms with Gasteiger partial charge in [0.15, 0.2) is 0 Å². The van der Waals surface area contributed by atoms with Crippen molar-refractivity contribution in [2.24, 2.45) is 5.92 Å². The van der Waals surface area contributed by atoms with Gasteiger partial charge in [0.2, 0.25) is 0 Å². The van der Waals surface area contributed by atoms with Gasteiger partial charge < -0.3 is 5.32 Å². The Kier molecular flexibility index (Phi) is 6.77. The fourth-order valence-corrected chi connectivity index (χ4v) is 2.15. The quantitative estimate of drug-likeness (QED) is 0.402. The van der Waals surface area contributed by atoms with Crippen molar-refractivity contribution in [3.8, 4) is 0 Å². The molecule has 0 aromatic heterocycles. The normalized spacial score (nSPS) is 20.1. The van der Waals surface area contributed by atoms with Crippen LogP contribution in [0.25, 0.3) is 0 Å². The average molecular weight is 195 g/mol. The van der Waals surface area contributed by atoms with E-state index in [1.54, 1.807) is 0 Å². The second-order valence-electron chi connectivity index (χ2n) is 4.32. The lowest BCUT2D eigenvalue weighted by atomic mass is 10.00. The molecule has 0 amide bonds. The summed E-state index contributed by atoms with van der Waals surface area (Å²) in [4.78, 5) is 0. The number of hydrogen-bond donors (Lipinski definition) is 1. The summed E-state index contributed by atoms with van der Waals surface area (Å²) in [5.41, 5.74) is 0. The van der Waals surface area contributed by atoms with E-state index in [0.717, 1.165) is 19.0 Å². The van der Waals surface area contributed by atoms with Crippen LogP contribution >= 0.6 is 0 Å². The Morgan fingerprint density at radius 1 is 1.14 bits per heavy atom. The van der Waals surface area contributed by atoms with Gasteiger partial charge in [-0.15, -0.1) is 0 Å². The first kappa shape index (κ1) is 11.8. The highest BCUT2D eigenvalue weighted by atomic mass is 14.8. The maximum atomic E-state index is 3.35. The largest absolute Gasteiger partial charge is 0.317 e. The van der Waals surface area contributed by atoms with Gasteiger partial charge in [-0.3, -0.25) is 0 Å². The van der Waals surface area contributed by atoms with E-state index >= 15 is 0 Å². The van der Waals surface area contributed by atoms with E-state index in [9.17, 15) is 0 Å². The summed E-state index contributed by atoms with van der Waals surface area (Å²) in [6.07, 6.45) is 14.7. The van der Waals surface area contributed by atoms with Crippen LogP contribution in [-0.4, -0.2) is 13.1 Å². The van der Waals surface area contributed by atoms with E-state index in [1.807, 2.05) is 0 Å². The zero-order valence-corrected chi connectivity index (χ0v) is 9.60. The van der Waals surface area contributed by atoms with Gasteiger partial charge in [0.1, 0.15) is 0 Å². The van der Waals surface area contributed by atoms with Gasteiger partial charge in [-0.1, -0.05) is 44.8 Å². The molecule has 1 N–H and O–H groups in total. The van der Waals surface area contributed by atoms with Gasteiger partial charge in [0, 0.05) is 0 Å². The topological polar surface area (TPSA) is 12.0 Å². The van der Waals surface area contributed by atoms with E-state index in [2.05, 4.69) is 24.4 Å². The molecule has 0 atom stereocenters. The zero-order chi connectivity index (χ0) is 10.1. The molecular weight excluding hydrogens is 170 g/mol. The minimum Gasteiger partial charge on any atom is -0.317 e. The molecule has 82 valence electrons. The minimum atomic E-state index is 0.888. The van der Waals surface area contributed by atoms with Gasteiger partial charge in [0.05, 0.1) is 0 Å². The van der Waals surface area contributed by atoms with E-state index in [1.165, 1.54) is 44.9 Å². The Morgan fingerprint density at radius 2 is 1.86 bits per heavy atom. The number of rotatable bonds is 5. The first-order valence-corrected chi connectivity index (χ1v) is 6.31. The molecule has 1 aliphatic carbocycles. The van der Waals surface area contributed by atoms with Crippen molar-refractivity contribution in [3.63, 3.8) is 0 Å². The predicted octanol–water partition coefficient (Wildman–Crippen LogP) is 3.51. The standard InChI is InChI=1S/C13H25N/c1-2-14-12-8-7-11-13-9-5-3-4-6-10-13/h7,11,13-14H,2-6,8-10,12H2,1H3/b11-7+. The van der Waals surface area contributed by atoms with Crippen LogP contribution in [0.4, 0.5) is 0 Å². The van der Waals surface area contributed by atoms with Crippen LogP contribution in [0.3, 0.4) is 0 Å². The van der Waals surface area contributed by atoms with Crippen LogP contribution < -0.4 is 5.32 Å². The summed E-state index contributed by atoms with van der Waals surface area (Å²) < 4.78 is 0. The van der Waals surface area contributed by atoms with Gasteiger partial charge in [0.25, 0.3) is 0 Å². The van der Waals surface area contributed by atoms with Crippen LogP contribution in [0.2, 0.25) is 0 Å². The van der Waals surface area contributed by atoms with Crippen molar-refractivity contribution >= 4 is 0 Å². The lowest BCUT2D eigenvalue weighted by Gasteiger charge is -2.07. The van der Waals surface area contributed by atoms with Gasteiger partial charge >= 0.3 is 0 Å². The molecule has 0 saturated heterocycles. The summed E-state index contributed by atoms with van der Waals surface area (Å²) in [5.74, 6) is 0.888. The molecule has 0 spiro atoms. The molecular formula is C13H25N. The van der Waals surface area contributed by atoms with Gasteiger partial charge in [-0.2, -0.15) is 0 Å². The number of hydrogen-bond acceptors (Lipinski definition) is 1. The van der Waals surface area contributed by atoms with E-state index < -0.39 is 0 Å². The molecule has 1 saturated carbocycles. The lowest BCUT2D eigenvalue weighted by Crippen LogP contribution is -2.13. The molecule has 0 aromatic rings. The minimum absolute atomic E-state index is 0.888. The molecule has 0 aromatic carbocycles. The lowest BCUT2D eigenvalue weighted by molar-refractivity contribution is 0.557. The maximum absolute atomic E-state index is 3.35. The highest BCUT2D eigenvalue weighted by molar-refractivity contribution is 4.89. The second-order valence-corrected chi connectivity index (χ2v) is 4.32. The third-order valence-electron chi connectivity index (χ3n) is 3.05. The molecule has 1 nitrogen and oxygen atoms in total. The summed E-state index contributed by atoms with van der Waals surface area (Å²) >= 11 is 0. The van der Waals surface area contributed by atoms with Crippen LogP contribution in [0.5, 0.6) is 0 Å². The molecule has 0 unspecified atom stereocenters. The fourth-order valence-electron chi connectivity index (χ4n) is 2.15. The second kappa shape index (κ2) is 8.05. The molecule has 14 heavy (non-hydrogen) atoms. The summed E-state index contributed by atoms with van der Waals surface area (Å²) in [6.45, 7) is 4.39. The summed E-state index contributed by atoms with van der Waals surface area (Å²) in [6, 6.07) is 0. The first-order chi connectivity index (χ1) is 6.93. The molecule has 1 rings (SSSR count). The van der Waals surface area contributed by atoms with Gasteiger partial charge in [-0.05, 0) is 38.3 Å². The Hall–Kier alpha value is -0.300. The predicted molar refractivity (Wildman–Crippen MR) is 63.5 cm³/mol. The third-order valence-corrected chi connectivity index (χ3v) is 3.05. The van der Waals surface area contributed by atoms with Crippen molar-refractivity contribution < 1.29 is 0 Å². The SMILES string of the molecule is CCNCC/C=C/C1CCCCCC1. The molecule has 1 aliphatic rings. The number of nitrogens with one attached hydrogen (secondary N) is 1. The fraction of sp³-hybridized carbons (Fsp3) is 0.846. The van der Waals surface area contributed by atoms with Crippen molar-refractivity contribution in [1.82, 2.24) is 5.32 Å². The Bertz CT molecular complexity index is 143. The molecule has 0 heterocycles. The molecule has 0 aliphatic heterocycles. The maximum Gasteiger partial charge on any atom is -0.00144 e. The van der Waals surface area contributed by atoms with Crippen LogP contribution in [0.1, 0.15) is 51.9 Å². The molecule has 1 fully saturated rings. The molecule has 0 bridgehead atoms. The molecule has 1 heteroatoms. The van der Waals surface area contributed by atoms with Crippen molar-refractivity contribution in [2.45, 2.75) is 51.9 Å². The van der Waals surface area contributed by atoms with Crippen molar-refractivity contribution in [1.29, 1.82) is 0 Å². The Balaban J connectivity index is 2.08. The van der Waals surface area contributed by atoms with Crippen molar-refractivity contribution in [3.05, 3.63) is 12.2 Å². The number of allylic oxidation sites excluding steroid dienone is 1. The van der Waals surface area contributed by atoms with E-state index in [-0.39, 0.29) is 0 Å². The monoisotopic (exact) mass is 195 g/mol. The Morgan fingerprint density at radius 3 is 2.50 bits per heavy atom.